The van der Waals surface area contributed by atoms with Crippen LogP contribution in [0, 0.1) is 5.41 Å². The highest BCUT2D eigenvalue weighted by Gasteiger charge is 2.46. The van der Waals surface area contributed by atoms with Crippen LogP contribution in [0.3, 0.4) is 0 Å². The number of amides is 1. The smallest absolute Gasteiger partial charge is 0.441 e. The van der Waals surface area contributed by atoms with Crippen molar-refractivity contribution in [3.8, 4) is 5.75 Å². The molecule has 2 heterocycles. The van der Waals surface area contributed by atoms with Crippen LogP contribution >= 0.6 is 35.0 Å². The Morgan fingerprint density at radius 2 is 1.97 bits per heavy atom. The molecule has 0 saturated heterocycles. The van der Waals surface area contributed by atoms with Crippen molar-refractivity contribution in [3.63, 3.8) is 0 Å². The summed E-state index contributed by atoms with van der Waals surface area (Å²) in [4.78, 5) is 16.0. The zero-order valence-electron chi connectivity index (χ0n) is 15.8. The molecule has 6 nitrogen and oxygen atoms in total. The first-order valence-corrected chi connectivity index (χ1v) is 10.4. The second-order valence-electron chi connectivity index (χ2n) is 6.52. The molecule has 0 atom stereocenters. The van der Waals surface area contributed by atoms with Crippen molar-refractivity contribution in [2.45, 2.75) is 12.8 Å². The number of hydrogen-bond acceptors (Lipinski definition) is 5. The zero-order valence-corrected chi connectivity index (χ0v) is 18.1. The number of aliphatic imine (C=N–C) groups is 1. The van der Waals surface area contributed by atoms with Gasteiger partial charge in [-0.05, 0) is 47.7 Å². The molecule has 0 radical (unpaired) electrons. The van der Waals surface area contributed by atoms with E-state index in [-0.39, 0.29) is 29.1 Å². The Labute approximate surface area is 193 Å². The van der Waals surface area contributed by atoms with Crippen LogP contribution in [0.15, 0.2) is 58.1 Å². The van der Waals surface area contributed by atoms with Crippen LogP contribution < -0.4 is 4.74 Å². The van der Waals surface area contributed by atoms with Crippen molar-refractivity contribution in [2.24, 2.45) is 10.1 Å². The number of rotatable bonds is 4. The van der Waals surface area contributed by atoms with Crippen molar-refractivity contribution in [2.75, 3.05) is 0 Å². The van der Waals surface area contributed by atoms with Gasteiger partial charge in [0.25, 0.3) is 5.91 Å². The van der Waals surface area contributed by atoms with E-state index in [9.17, 15) is 18.0 Å². The van der Waals surface area contributed by atoms with Gasteiger partial charge in [0.2, 0.25) is 10.2 Å². The minimum absolute atomic E-state index is 0.165. The maximum atomic E-state index is 12.9. The van der Waals surface area contributed by atoms with Crippen LogP contribution in [0.2, 0.25) is 10.0 Å². The van der Waals surface area contributed by atoms with Crippen LogP contribution in [0.5, 0.6) is 5.75 Å². The highest BCUT2D eigenvalue weighted by Crippen LogP contribution is 2.35. The number of carbonyl (C=O) groups is 1. The summed E-state index contributed by atoms with van der Waals surface area (Å²) in [5.41, 5.74) is 1.01. The number of halogens is 5. The molecular weight excluding hydrogens is 488 g/mol. The number of alkyl halides is 3. The third-order valence-corrected chi connectivity index (χ3v) is 5.82. The molecule has 2 aromatic rings. The molecule has 0 aromatic heterocycles. The van der Waals surface area contributed by atoms with Gasteiger partial charge in [0.15, 0.2) is 5.84 Å². The lowest BCUT2D eigenvalue weighted by molar-refractivity contribution is -0.114. The Bertz CT molecular complexity index is 1230. The molecular formula is C20H11Cl2F3N4O2S. The molecule has 32 heavy (non-hydrogen) atoms. The Hall–Kier alpha value is -2.82. The lowest BCUT2D eigenvalue weighted by Gasteiger charge is -2.20. The van der Waals surface area contributed by atoms with Crippen molar-refractivity contribution in [3.05, 3.63) is 69.2 Å². The van der Waals surface area contributed by atoms with Gasteiger partial charge >= 0.3 is 6.18 Å². The maximum Gasteiger partial charge on any atom is 0.441 e. The summed E-state index contributed by atoms with van der Waals surface area (Å²) in [7, 11) is 0. The highest BCUT2D eigenvalue weighted by atomic mass is 35.5. The van der Waals surface area contributed by atoms with Gasteiger partial charge < -0.3 is 4.74 Å². The Morgan fingerprint density at radius 1 is 1.19 bits per heavy atom. The van der Waals surface area contributed by atoms with E-state index in [1.165, 1.54) is 6.08 Å². The number of hydrazone groups is 1. The van der Waals surface area contributed by atoms with Crippen LogP contribution in [-0.4, -0.2) is 33.1 Å². The van der Waals surface area contributed by atoms with Gasteiger partial charge in [0.05, 0.1) is 5.57 Å². The molecule has 0 fully saturated rings. The molecule has 2 aliphatic rings. The first-order valence-electron chi connectivity index (χ1n) is 8.86. The van der Waals surface area contributed by atoms with Gasteiger partial charge in [-0.1, -0.05) is 41.4 Å². The topological polar surface area (TPSA) is 78.1 Å². The average molecular weight is 499 g/mol. The second kappa shape index (κ2) is 8.61. The van der Waals surface area contributed by atoms with Crippen molar-refractivity contribution >= 4 is 63.0 Å². The number of fused-ring (bicyclic) bond motifs is 1. The van der Waals surface area contributed by atoms with Crippen LogP contribution in [-0.2, 0) is 11.4 Å². The van der Waals surface area contributed by atoms with E-state index >= 15 is 0 Å². The summed E-state index contributed by atoms with van der Waals surface area (Å²) in [5.74, 6) is -0.865. The SMILES string of the molecule is N=C1C(=Cc2cccc(OCc3ccc(Cl)cc3Cl)c2)C(=O)N=C2SC(C(F)(F)F)=NN12. The summed E-state index contributed by atoms with van der Waals surface area (Å²) in [5, 5.41) is 11.7. The molecule has 4 rings (SSSR count). The van der Waals surface area contributed by atoms with Gasteiger partial charge in [0, 0.05) is 15.6 Å². The Kier molecular flexibility index (Phi) is 6.02. The lowest BCUT2D eigenvalue weighted by atomic mass is 10.1. The molecule has 1 amide bonds. The van der Waals surface area contributed by atoms with E-state index in [0.29, 0.717) is 26.4 Å². The van der Waals surface area contributed by atoms with Gasteiger partial charge in [-0.25, -0.2) is 0 Å². The first kappa shape index (κ1) is 22.4. The molecule has 12 heteroatoms. The van der Waals surface area contributed by atoms with Crippen LogP contribution in [0.4, 0.5) is 13.2 Å². The summed E-state index contributed by atoms with van der Waals surface area (Å²) >= 11 is 12.2. The molecule has 0 saturated carbocycles. The molecule has 0 spiro atoms. The number of carbonyl (C=O) groups excluding carboxylic acids is 1. The minimum atomic E-state index is -4.70. The molecule has 164 valence electrons. The number of thioether (sulfide) groups is 1. The number of amidine groups is 2. The monoisotopic (exact) mass is 498 g/mol. The third-order valence-electron chi connectivity index (χ3n) is 4.28. The summed E-state index contributed by atoms with van der Waals surface area (Å²) in [6, 6.07) is 11.6. The van der Waals surface area contributed by atoms with E-state index in [4.69, 9.17) is 33.3 Å². The number of nitrogens with zero attached hydrogens (tertiary/aromatic N) is 3. The zero-order chi connectivity index (χ0) is 23.0. The Balaban J connectivity index is 1.55. The van der Waals surface area contributed by atoms with E-state index < -0.39 is 23.0 Å². The maximum absolute atomic E-state index is 12.9. The number of nitrogens with one attached hydrogen (secondary N) is 1. The Morgan fingerprint density at radius 3 is 2.69 bits per heavy atom. The van der Waals surface area contributed by atoms with Gasteiger partial charge in [0.1, 0.15) is 12.4 Å². The fourth-order valence-corrected chi connectivity index (χ4v) is 3.99. The predicted molar refractivity (Wildman–Crippen MR) is 118 cm³/mol. The number of hydrogen-bond donors (Lipinski definition) is 1. The first-order chi connectivity index (χ1) is 15.1. The summed E-state index contributed by atoms with van der Waals surface area (Å²) in [6.45, 7) is 0.165. The normalized spacial score (nSPS) is 17.4. The molecule has 1 N–H and O–H groups in total. The van der Waals surface area contributed by atoms with E-state index in [1.54, 1.807) is 42.5 Å². The fraction of sp³-hybridized carbons (Fsp3) is 0.100. The molecule has 0 unspecified atom stereocenters. The fourth-order valence-electron chi connectivity index (χ4n) is 2.77. The third kappa shape index (κ3) is 4.67. The molecule has 2 aliphatic heterocycles. The molecule has 0 aliphatic carbocycles. The van der Waals surface area contributed by atoms with Crippen LogP contribution in [0.1, 0.15) is 11.1 Å². The molecule has 0 bridgehead atoms. The lowest BCUT2D eigenvalue weighted by Crippen LogP contribution is -2.35. The van der Waals surface area contributed by atoms with E-state index in [2.05, 4.69) is 10.1 Å². The molecule has 2 aromatic carbocycles. The van der Waals surface area contributed by atoms with E-state index in [1.807, 2.05) is 0 Å². The number of ether oxygens (including phenoxy) is 1. The predicted octanol–water partition coefficient (Wildman–Crippen LogP) is 5.75. The quantitative estimate of drug-likeness (QED) is 0.544. The van der Waals surface area contributed by atoms with Crippen LogP contribution in [0.25, 0.3) is 6.08 Å². The summed E-state index contributed by atoms with van der Waals surface area (Å²) < 4.78 is 44.5. The minimum Gasteiger partial charge on any atom is -0.489 e. The highest BCUT2D eigenvalue weighted by molar-refractivity contribution is 8.27. The number of benzene rings is 2. The average Bonchev–Trinajstić information content (AvgIpc) is 3.15. The standard InChI is InChI=1S/C20H11Cl2F3N4O2S/c21-12-5-4-11(15(22)8-12)9-31-13-3-1-2-10(6-13)7-14-16(26)29-19(27-17(14)30)32-18(28-29)20(23,24)25/h1-8,26H,9H2. The van der Waals surface area contributed by atoms with Gasteiger partial charge in [-0.3, -0.25) is 10.2 Å². The largest absolute Gasteiger partial charge is 0.489 e. The van der Waals surface area contributed by atoms with Crippen molar-refractivity contribution in [1.29, 1.82) is 5.41 Å². The van der Waals surface area contributed by atoms with Gasteiger partial charge in [-0.2, -0.15) is 28.3 Å². The van der Waals surface area contributed by atoms with Crippen molar-refractivity contribution < 1.29 is 22.7 Å². The second-order valence-corrected chi connectivity index (χ2v) is 8.32. The van der Waals surface area contributed by atoms with Gasteiger partial charge in [-0.15, -0.1) is 0 Å². The summed E-state index contributed by atoms with van der Waals surface area (Å²) in [6.07, 6.45) is -3.35. The van der Waals surface area contributed by atoms with E-state index in [0.717, 1.165) is 5.56 Å². The van der Waals surface area contributed by atoms with Crippen molar-refractivity contribution in [1.82, 2.24) is 5.01 Å².